The summed E-state index contributed by atoms with van der Waals surface area (Å²) in [5.41, 5.74) is 9.37. The number of amides is 2. The highest BCUT2D eigenvalue weighted by Gasteiger charge is 2.20. The number of carbonyl (C=O) groups excluding carboxylic acids is 2. The molecule has 0 aliphatic rings. The smallest absolute Gasteiger partial charge is 0.412 e. The number of rotatable bonds is 5. The van der Waals surface area contributed by atoms with E-state index in [1.807, 2.05) is 90.1 Å². The van der Waals surface area contributed by atoms with Crippen LogP contribution in [0.25, 0.3) is 54.9 Å². The molecule has 0 heterocycles. The van der Waals surface area contributed by atoms with E-state index in [0.717, 1.165) is 33.0 Å². The normalized spacial score (nSPS) is 11.8. The Morgan fingerprint density at radius 3 is 1.12 bits per heavy atom. The van der Waals surface area contributed by atoms with Gasteiger partial charge in [0.2, 0.25) is 0 Å². The predicted octanol–water partition coefficient (Wildman–Crippen LogP) is 12.3. The van der Waals surface area contributed by atoms with Crippen LogP contribution in [0.15, 0.2) is 109 Å². The van der Waals surface area contributed by atoms with Gasteiger partial charge in [0, 0.05) is 11.4 Å². The van der Waals surface area contributed by atoms with Gasteiger partial charge in [-0.1, -0.05) is 84.9 Å². The van der Waals surface area contributed by atoms with E-state index in [2.05, 4.69) is 85.1 Å². The third-order valence-electron chi connectivity index (χ3n) is 8.42. The van der Waals surface area contributed by atoms with E-state index < -0.39 is 23.4 Å². The average Bonchev–Trinajstić information content (AvgIpc) is 3.04. The number of hydrogen-bond donors (Lipinski definition) is 2. The van der Waals surface area contributed by atoms with Gasteiger partial charge in [-0.05, 0) is 146 Å². The first-order valence-electron chi connectivity index (χ1n) is 16.9. The van der Waals surface area contributed by atoms with Gasteiger partial charge in [0.15, 0.2) is 0 Å². The highest BCUT2D eigenvalue weighted by Crippen LogP contribution is 2.44. The van der Waals surface area contributed by atoms with Crippen LogP contribution in [0.3, 0.4) is 0 Å². The molecule has 2 amide bonds. The number of benzene rings is 6. The monoisotopic (exact) mass is 664 g/mol. The van der Waals surface area contributed by atoms with E-state index in [0.29, 0.717) is 11.4 Å². The van der Waals surface area contributed by atoms with Gasteiger partial charge in [0.1, 0.15) is 11.2 Å². The van der Waals surface area contributed by atoms with Gasteiger partial charge in [-0.25, -0.2) is 9.59 Å². The van der Waals surface area contributed by atoms with Crippen molar-refractivity contribution in [2.45, 2.75) is 66.6 Å². The number of aryl methyl sites for hydroxylation is 2. The Morgan fingerprint density at radius 2 is 0.800 bits per heavy atom. The molecule has 0 aliphatic carbocycles. The fraction of sp³-hybridized carbons (Fsp3) is 0.227. The molecule has 0 aliphatic heterocycles. The largest absolute Gasteiger partial charge is 0.444 e. The molecule has 0 saturated heterocycles. The van der Waals surface area contributed by atoms with Crippen molar-refractivity contribution in [1.29, 1.82) is 0 Å². The molecular weight excluding hydrogens is 620 g/mol. The summed E-state index contributed by atoms with van der Waals surface area (Å²) in [4.78, 5) is 24.7. The van der Waals surface area contributed by atoms with Crippen molar-refractivity contribution >= 4 is 45.1 Å². The van der Waals surface area contributed by atoms with E-state index in [9.17, 15) is 9.59 Å². The summed E-state index contributed by atoms with van der Waals surface area (Å²) in [5, 5.41) is 10.3. The molecule has 0 spiro atoms. The molecule has 0 fully saturated rings. The molecule has 6 rings (SSSR count). The van der Waals surface area contributed by atoms with E-state index >= 15 is 0 Å². The average molecular weight is 665 g/mol. The first-order valence-corrected chi connectivity index (χ1v) is 16.9. The third kappa shape index (κ3) is 7.50. The molecule has 0 radical (unpaired) electrons. The molecule has 50 heavy (non-hydrogen) atoms. The molecule has 0 atom stereocenters. The lowest BCUT2D eigenvalue weighted by atomic mass is 9.83. The van der Waals surface area contributed by atoms with E-state index in [1.54, 1.807) is 0 Å². The van der Waals surface area contributed by atoms with Crippen molar-refractivity contribution in [2.24, 2.45) is 0 Å². The fourth-order valence-electron chi connectivity index (χ4n) is 6.48. The lowest BCUT2D eigenvalue weighted by Crippen LogP contribution is -2.27. The maximum atomic E-state index is 12.3. The molecule has 0 saturated carbocycles. The van der Waals surface area contributed by atoms with Crippen LogP contribution in [0, 0.1) is 13.8 Å². The lowest BCUT2D eigenvalue weighted by molar-refractivity contribution is 0.0624. The first kappa shape index (κ1) is 34.3. The van der Waals surface area contributed by atoms with Crippen LogP contribution in [0.2, 0.25) is 0 Å². The van der Waals surface area contributed by atoms with Crippen molar-refractivity contribution in [3.05, 3.63) is 120 Å². The third-order valence-corrected chi connectivity index (χ3v) is 8.42. The topological polar surface area (TPSA) is 76.7 Å². The second-order valence-corrected chi connectivity index (χ2v) is 14.7. The Hall–Kier alpha value is -5.62. The van der Waals surface area contributed by atoms with Gasteiger partial charge in [0.05, 0.1) is 0 Å². The van der Waals surface area contributed by atoms with Crippen molar-refractivity contribution < 1.29 is 19.1 Å². The van der Waals surface area contributed by atoms with Crippen molar-refractivity contribution in [3.63, 3.8) is 0 Å². The molecule has 6 aromatic carbocycles. The molecule has 0 bridgehead atoms. The SMILES string of the molecule is Cc1cc(-c2ccc(NC(=O)OC(C)(C)C)cc2)c2ccccc2c1-c1c(C)cc(-c2ccc(NC(=O)OC(C)(C)C)cc2)c2ccccc12. The second-order valence-electron chi connectivity index (χ2n) is 14.7. The number of carbonyl (C=O) groups is 2. The standard InChI is InChI=1S/C44H44N2O4/c1-27-25-37(29-17-21-31(22-18-29)45-41(47)49-43(3,4)5)33-13-9-11-15-35(33)39(27)40-28(2)26-38(34-14-10-12-16-36(34)40)30-19-23-32(24-20-30)46-42(48)50-44(6,7)8/h9-26H,1-8H3,(H,45,47)(H,46,48). The minimum absolute atomic E-state index is 0.475. The summed E-state index contributed by atoms with van der Waals surface area (Å²) in [7, 11) is 0. The highest BCUT2D eigenvalue weighted by molar-refractivity contribution is 6.14. The zero-order valence-corrected chi connectivity index (χ0v) is 30.0. The Morgan fingerprint density at radius 1 is 0.480 bits per heavy atom. The fourth-order valence-corrected chi connectivity index (χ4v) is 6.48. The van der Waals surface area contributed by atoms with Gasteiger partial charge in [-0.15, -0.1) is 0 Å². The van der Waals surface area contributed by atoms with Gasteiger partial charge < -0.3 is 9.47 Å². The van der Waals surface area contributed by atoms with Gasteiger partial charge in [-0.3, -0.25) is 10.6 Å². The maximum Gasteiger partial charge on any atom is 0.412 e. The van der Waals surface area contributed by atoms with E-state index in [-0.39, 0.29) is 0 Å². The van der Waals surface area contributed by atoms with Crippen LogP contribution >= 0.6 is 0 Å². The molecule has 254 valence electrons. The van der Waals surface area contributed by atoms with E-state index in [1.165, 1.54) is 33.0 Å². The summed E-state index contributed by atoms with van der Waals surface area (Å²) in [6.45, 7) is 15.4. The summed E-state index contributed by atoms with van der Waals surface area (Å²) in [6, 6.07) is 37.5. The summed E-state index contributed by atoms with van der Waals surface area (Å²) in [6.07, 6.45) is -0.950. The van der Waals surface area contributed by atoms with E-state index in [4.69, 9.17) is 9.47 Å². The Kier molecular flexibility index (Phi) is 9.15. The number of hydrogen-bond acceptors (Lipinski definition) is 4. The molecule has 0 unspecified atom stereocenters. The van der Waals surface area contributed by atoms with Gasteiger partial charge in [-0.2, -0.15) is 0 Å². The quantitative estimate of drug-likeness (QED) is 0.192. The lowest BCUT2D eigenvalue weighted by Gasteiger charge is -2.21. The molecule has 6 nitrogen and oxygen atoms in total. The van der Waals surface area contributed by atoms with Crippen molar-refractivity contribution in [1.82, 2.24) is 0 Å². The second kappa shape index (κ2) is 13.4. The number of anilines is 2. The number of nitrogens with one attached hydrogen (secondary N) is 2. The van der Waals surface area contributed by atoms with Crippen molar-refractivity contribution in [2.75, 3.05) is 10.6 Å². The minimum Gasteiger partial charge on any atom is -0.444 e. The van der Waals surface area contributed by atoms with Crippen LogP contribution in [0.4, 0.5) is 21.0 Å². The summed E-state index contributed by atoms with van der Waals surface area (Å²) < 4.78 is 10.8. The van der Waals surface area contributed by atoms with Crippen LogP contribution in [0.1, 0.15) is 52.7 Å². The first-order chi connectivity index (χ1) is 23.7. The minimum atomic E-state index is -0.569. The number of ether oxygens (including phenoxy) is 2. The summed E-state index contributed by atoms with van der Waals surface area (Å²) >= 11 is 0. The molecule has 6 heteroatoms. The summed E-state index contributed by atoms with van der Waals surface area (Å²) in [5.74, 6) is 0. The molecule has 2 N–H and O–H groups in total. The molecule has 6 aromatic rings. The zero-order valence-electron chi connectivity index (χ0n) is 30.0. The Labute approximate surface area is 294 Å². The predicted molar refractivity (Wildman–Crippen MR) is 207 cm³/mol. The van der Waals surface area contributed by atoms with Gasteiger partial charge >= 0.3 is 12.2 Å². The van der Waals surface area contributed by atoms with Crippen LogP contribution in [0.5, 0.6) is 0 Å². The molecular formula is C44H44N2O4. The maximum absolute atomic E-state index is 12.3. The van der Waals surface area contributed by atoms with Gasteiger partial charge in [0.25, 0.3) is 0 Å². The number of fused-ring (bicyclic) bond motifs is 2. The van der Waals surface area contributed by atoms with Crippen LogP contribution in [-0.2, 0) is 9.47 Å². The van der Waals surface area contributed by atoms with Crippen LogP contribution in [-0.4, -0.2) is 23.4 Å². The zero-order chi connectivity index (χ0) is 35.8. The van der Waals surface area contributed by atoms with Crippen LogP contribution < -0.4 is 10.6 Å². The van der Waals surface area contributed by atoms with Crippen molar-refractivity contribution in [3.8, 4) is 33.4 Å². The highest BCUT2D eigenvalue weighted by atomic mass is 16.6. The Bertz CT molecular complexity index is 2060. The molecule has 0 aromatic heterocycles. The Balaban J connectivity index is 1.39.